The summed E-state index contributed by atoms with van der Waals surface area (Å²) in [6.45, 7) is 3.16. The third-order valence-electron chi connectivity index (χ3n) is 7.16. The molecule has 2 unspecified atom stereocenters. The van der Waals surface area contributed by atoms with Gasteiger partial charge in [-0.25, -0.2) is 8.78 Å². The number of benzene rings is 3. The molecule has 0 saturated carbocycles. The van der Waals surface area contributed by atoms with E-state index in [9.17, 15) is 19.1 Å². The minimum absolute atomic E-state index is 0.0710. The van der Waals surface area contributed by atoms with Crippen LogP contribution in [-0.4, -0.2) is 55.6 Å². The molecule has 1 fully saturated rings. The van der Waals surface area contributed by atoms with E-state index < -0.39 is 11.9 Å². The van der Waals surface area contributed by atoms with E-state index in [4.69, 9.17) is 15.2 Å². The quantitative estimate of drug-likeness (QED) is 0.317. The summed E-state index contributed by atoms with van der Waals surface area (Å²) in [4.78, 5) is 6.71. The van der Waals surface area contributed by atoms with Gasteiger partial charge in [-0.2, -0.15) is 5.26 Å². The first kappa shape index (κ1) is 27.5. The van der Waals surface area contributed by atoms with Gasteiger partial charge in [0.2, 0.25) is 0 Å². The summed E-state index contributed by atoms with van der Waals surface area (Å²) in [5.74, 6) is -0.676. The molecule has 2 atom stereocenters. The molecule has 9 heteroatoms. The van der Waals surface area contributed by atoms with E-state index in [2.05, 4.69) is 4.98 Å². The van der Waals surface area contributed by atoms with Gasteiger partial charge in [0.25, 0.3) is 0 Å². The maximum Gasteiger partial charge on any atom is 0.145 e. The van der Waals surface area contributed by atoms with Crippen LogP contribution in [0.1, 0.15) is 17.5 Å². The molecule has 7 nitrogen and oxygen atoms in total. The summed E-state index contributed by atoms with van der Waals surface area (Å²) < 4.78 is 40.1. The zero-order valence-electron chi connectivity index (χ0n) is 22.3. The van der Waals surface area contributed by atoms with Gasteiger partial charge in [0.05, 0.1) is 29.5 Å². The average molecular weight is 545 g/mol. The smallest absolute Gasteiger partial charge is 0.145 e. The van der Waals surface area contributed by atoms with Gasteiger partial charge in [-0.3, -0.25) is 4.98 Å². The highest BCUT2D eigenvalue weighted by Crippen LogP contribution is 2.41. The predicted molar refractivity (Wildman–Crippen MR) is 150 cm³/mol. The first-order valence-electron chi connectivity index (χ1n) is 13.0. The maximum absolute atomic E-state index is 14.7. The van der Waals surface area contributed by atoms with Gasteiger partial charge in [0, 0.05) is 49.0 Å². The molecule has 1 aromatic heterocycles. The minimum atomic E-state index is -0.746. The number of anilines is 1. The van der Waals surface area contributed by atoms with Crippen LogP contribution in [0.2, 0.25) is 0 Å². The first-order valence-corrected chi connectivity index (χ1v) is 13.0. The fourth-order valence-corrected chi connectivity index (χ4v) is 5.22. The Kier molecular flexibility index (Phi) is 7.94. The maximum atomic E-state index is 14.7. The number of nitriles is 1. The van der Waals surface area contributed by atoms with Gasteiger partial charge in [0.1, 0.15) is 30.1 Å². The number of nitrogens with zero attached hydrogens (tertiary/aromatic N) is 3. The van der Waals surface area contributed by atoms with E-state index in [0.717, 1.165) is 22.7 Å². The number of rotatable bonds is 7. The number of hydrogen-bond donors (Lipinski definition) is 2. The molecule has 0 bridgehead atoms. The number of methoxy groups -OCH3 is 1. The summed E-state index contributed by atoms with van der Waals surface area (Å²) in [6, 6.07) is 14.4. The predicted octanol–water partition coefficient (Wildman–Crippen LogP) is 4.95. The van der Waals surface area contributed by atoms with Gasteiger partial charge in [0.15, 0.2) is 0 Å². The fraction of sp³-hybridized carbons (Fsp3) is 0.290. The molecule has 1 aliphatic rings. The van der Waals surface area contributed by atoms with Crippen LogP contribution in [0.3, 0.4) is 0 Å². The van der Waals surface area contributed by atoms with Crippen molar-refractivity contribution in [2.75, 3.05) is 38.3 Å². The zero-order chi connectivity index (χ0) is 28.4. The normalized spacial score (nSPS) is 17.2. The molecule has 2 heterocycles. The lowest BCUT2D eigenvalue weighted by Gasteiger charge is -2.37. The van der Waals surface area contributed by atoms with E-state index in [0.29, 0.717) is 47.3 Å². The number of pyridine rings is 1. The van der Waals surface area contributed by atoms with Crippen molar-refractivity contribution in [1.82, 2.24) is 4.98 Å². The Morgan fingerprint density at radius 1 is 1.07 bits per heavy atom. The topological polar surface area (TPSA) is 105 Å². The summed E-state index contributed by atoms with van der Waals surface area (Å²) >= 11 is 0. The summed E-state index contributed by atoms with van der Waals surface area (Å²) in [6.07, 6.45) is 1.53. The summed E-state index contributed by atoms with van der Waals surface area (Å²) in [5, 5.41) is 21.1. The molecule has 3 N–H and O–H groups in total. The number of fused-ring (bicyclic) bond motifs is 1. The second kappa shape index (κ2) is 11.6. The Morgan fingerprint density at radius 2 is 1.88 bits per heavy atom. The van der Waals surface area contributed by atoms with Crippen LogP contribution in [0, 0.1) is 29.9 Å². The average Bonchev–Trinajstić information content (AvgIpc) is 2.93. The molecule has 0 radical (unpaired) electrons. The highest BCUT2D eigenvalue weighted by Gasteiger charge is 2.28. The fourth-order valence-electron chi connectivity index (χ4n) is 5.22. The Balaban J connectivity index is 1.74. The molecule has 40 heavy (non-hydrogen) atoms. The van der Waals surface area contributed by atoms with Gasteiger partial charge in [-0.15, -0.1) is 0 Å². The molecule has 3 aromatic carbocycles. The number of aromatic nitrogens is 1. The second-order valence-electron chi connectivity index (χ2n) is 10.0. The number of hydrogen-bond acceptors (Lipinski definition) is 7. The number of aliphatic hydroxyl groups excluding tert-OH is 1. The van der Waals surface area contributed by atoms with E-state index in [1.807, 2.05) is 36.1 Å². The number of piperidine rings is 1. The van der Waals surface area contributed by atoms with E-state index in [-0.39, 0.29) is 36.3 Å². The van der Waals surface area contributed by atoms with Crippen LogP contribution < -0.4 is 15.4 Å². The number of ether oxygens (including phenoxy) is 2. The van der Waals surface area contributed by atoms with E-state index in [1.165, 1.54) is 18.2 Å². The largest absolute Gasteiger partial charge is 0.489 e. The molecule has 1 saturated heterocycles. The molecule has 206 valence electrons. The molecule has 4 aromatic rings. The summed E-state index contributed by atoms with van der Waals surface area (Å²) in [5.41, 5.74) is 10.7. The Labute approximate surface area is 231 Å². The van der Waals surface area contributed by atoms with Crippen LogP contribution in [0.25, 0.3) is 33.2 Å². The Bertz CT molecular complexity index is 1580. The third-order valence-corrected chi connectivity index (χ3v) is 7.16. The van der Waals surface area contributed by atoms with Crippen molar-refractivity contribution in [3.05, 3.63) is 77.5 Å². The number of aryl methyl sites for hydroxylation is 1. The van der Waals surface area contributed by atoms with Crippen LogP contribution >= 0.6 is 0 Å². The van der Waals surface area contributed by atoms with Crippen LogP contribution in [-0.2, 0) is 4.74 Å². The van der Waals surface area contributed by atoms with Crippen molar-refractivity contribution in [1.29, 1.82) is 5.26 Å². The van der Waals surface area contributed by atoms with Crippen LogP contribution in [0.4, 0.5) is 14.5 Å². The number of aliphatic hydroxyl groups is 1. The van der Waals surface area contributed by atoms with Crippen molar-refractivity contribution in [3.8, 4) is 34.1 Å². The van der Waals surface area contributed by atoms with Gasteiger partial charge in [-0.1, -0.05) is 12.1 Å². The van der Waals surface area contributed by atoms with Gasteiger partial charge < -0.3 is 25.2 Å². The second-order valence-corrected chi connectivity index (χ2v) is 10.0. The highest BCUT2D eigenvalue weighted by molar-refractivity contribution is 6.02. The van der Waals surface area contributed by atoms with Crippen molar-refractivity contribution >= 4 is 16.6 Å². The van der Waals surface area contributed by atoms with Crippen molar-refractivity contribution in [2.24, 2.45) is 5.73 Å². The number of nitrogens with two attached hydrogens (primary N) is 1. The first-order chi connectivity index (χ1) is 19.3. The number of β-amino-alcohol motifs (C(OH)–C–C–N with tert-alkyl or cyclic N) is 1. The lowest BCUT2D eigenvalue weighted by atomic mass is 9.94. The lowest BCUT2D eigenvalue weighted by molar-refractivity contribution is 0.132. The van der Waals surface area contributed by atoms with Crippen LogP contribution in [0.5, 0.6) is 5.75 Å². The minimum Gasteiger partial charge on any atom is -0.489 e. The van der Waals surface area contributed by atoms with Crippen molar-refractivity contribution in [3.63, 3.8) is 0 Å². The molecular weight excluding hydrogens is 514 g/mol. The van der Waals surface area contributed by atoms with Gasteiger partial charge in [-0.05, 0) is 66.4 Å². The molecule has 0 aliphatic carbocycles. The van der Waals surface area contributed by atoms with Crippen LogP contribution in [0.15, 0.2) is 54.7 Å². The van der Waals surface area contributed by atoms with E-state index in [1.54, 1.807) is 19.4 Å². The van der Waals surface area contributed by atoms with Crippen molar-refractivity contribution < 1.29 is 23.4 Å². The Hall–Kier alpha value is -4.10. The summed E-state index contributed by atoms with van der Waals surface area (Å²) in [7, 11) is 1.54. The lowest BCUT2D eigenvalue weighted by Crippen LogP contribution is -2.50. The monoisotopic (exact) mass is 544 g/mol. The molecular formula is C31H30F2N4O3. The van der Waals surface area contributed by atoms with Crippen molar-refractivity contribution in [2.45, 2.75) is 25.5 Å². The molecule has 5 rings (SSSR count). The van der Waals surface area contributed by atoms with E-state index >= 15 is 0 Å². The zero-order valence-corrected chi connectivity index (χ0v) is 22.3. The molecule has 0 spiro atoms. The Morgan fingerprint density at radius 3 is 2.60 bits per heavy atom. The third kappa shape index (κ3) is 5.47. The van der Waals surface area contributed by atoms with Gasteiger partial charge >= 0.3 is 0 Å². The molecule has 0 amide bonds. The standard InChI is InChI=1S/C31H30F2N4O3/c1-18-9-20(11-22(32)10-18)26-16-36-28-4-3-19(13-25(28)30(26)37-6-5-27(35)29(38)17-37)24-14-23(33)12-21(15-34)31(24)40-8-7-39-2/h3-4,9-14,16,27,29,38H,5-8,17,35H2,1-2H3. The number of halogens is 2. The highest BCUT2D eigenvalue weighted by atomic mass is 19.1. The molecule has 1 aliphatic heterocycles. The SMILES string of the molecule is COCCOc1c(C#N)cc(F)cc1-c1ccc2ncc(-c3cc(C)cc(F)c3)c(N3CCC(N)C(O)C3)c2c1.